The van der Waals surface area contributed by atoms with Crippen LogP contribution < -0.4 is 24.3 Å². The molecule has 1 amide bonds. The number of amides is 1. The smallest absolute Gasteiger partial charge is 0.266 e. The molecule has 7 nitrogen and oxygen atoms in total. The van der Waals surface area contributed by atoms with Crippen LogP contribution in [0.15, 0.2) is 60.2 Å². The molecule has 0 fully saturated rings. The molecule has 4 rings (SSSR count). The van der Waals surface area contributed by atoms with Crippen molar-refractivity contribution in [3.8, 4) is 29.1 Å². The SMILES string of the molecule is COc1ccc(/C=C(\C#N)C(=O)Nc2ccc3c(c2)OCCO3)cc1COc1ccc(F)cc1F. The summed E-state index contributed by atoms with van der Waals surface area (Å²) in [5.74, 6) is -0.713. The fourth-order valence-corrected chi connectivity index (χ4v) is 3.38. The third-order valence-corrected chi connectivity index (χ3v) is 5.06. The number of carbonyl (C=O) groups excluding carboxylic acids is 1. The highest BCUT2D eigenvalue weighted by Crippen LogP contribution is 2.33. The maximum absolute atomic E-state index is 13.9. The largest absolute Gasteiger partial charge is 0.496 e. The number of ether oxygens (including phenoxy) is 4. The Morgan fingerprint density at radius 2 is 1.83 bits per heavy atom. The quantitative estimate of drug-likeness (QED) is 0.385. The van der Waals surface area contributed by atoms with Gasteiger partial charge in [0.25, 0.3) is 5.91 Å². The Balaban J connectivity index is 1.51. The molecule has 0 radical (unpaired) electrons. The van der Waals surface area contributed by atoms with Gasteiger partial charge in [-0.1, -0.05) is 6.07 Å². The van der Waals surface area contributed by atoms with Gasteiger partial charge in [-0.3, -0.25) is 4.79 Å². The van der Waals surface area contributed by atoms with Gasteiger partial charge in [-0.25, -0.2) is 8.78 Å². The van der Waals surface area contributed by atoms with Gasteiger partial charge in [0.2, 0.25) is 0 Å². The van der Waals surface area contributed by atoms with Gasteiger partial charge in [0.1, 0.15) is 43.0 Å². The Kier molecular flexibility index (Phi) is 7.12. The number of fused-ring (bicyclic) bond motifs is 1. The van der Waals surface area contributed by atoms with Crippen molar-refractivity contribution in [2.45, 2.75) is 6.61 Å². The van der Waals surface area contributed by atoms with Crippen molar-refractivity contribution >= 4 is 17.7 Å². The maximum atomic E-state index is 13.9. The average Bonchev–Trinajstić information content (AvgIpc) is 2.86. The molecule has 0 atom stereocenters. The molecule has 0 spiro atoms. The number of rotatable bonds is 7. The molecule has 0 bridgehead atoms. The van der Waals surface area contributed by atoms with Crippen molar-refractivity contribution in [3.63, 3.8) is 0 Å². The first-order valence-electron chi connectivity index (χ1n) is 10.5. The zero-order valence-electron chi connectivity index (χ0n) is 18.6. The lowest BCUT2D eigenvalue weighted by atomic mass is 10.1. The number of hydrogen-bond acceptors (Lipinski definition) is 6. The summed E-state index contributed by atoms with van der Waals surface area (Å²) in [5, 5.41) is 12.2. The van der Waals surface area contributed by atoms with Crippen LogP contribution in [0.2, 0.25) is 0 Å². The predicted octanol–water partition coefficient (Wildman–Crippen LogP) is 4.87. The van der Waals surface area contributed by atoms with E-state index in [1.165, 1.54) is 19.3 Å². The highest BCUT2D eigenvalue weighted by molar-refractivity contribution is 6.09. The van der Waals surface area contributed by atoms with E-state index in [0.29, 0.717) is 47.3 Å². The second-order valence-electron chi connectivity index (χ2n) is 7.42. The number of methoxy groups -OCH3 is 1. The molecule has 0 saturated heterocycles. The van der Waals surface area contributed by atoms with Crippen LogP contribution in [-0.4, -0.2) is 26.2 Å². The molecule has 9 heteroatoms. The summed E-state index contributed by atoms with van der Waals surface area (Å²) >= 11 is 0. The highest BCUT2D eigenvalue weighted by Gasteiger charge is 2.15. The molecule has 0 unspecified atom stereocenters. The fraction of sp³-hybridized carbons (Fsp3) is 0.154. The summed E-state index contributed by atoms with van der Waals surface area (Å²) in [6, 6.07) is 14.8. The van der Waals surface area contributed by atoms with Gasteiger partial charge in [-0.2, -0.15) is 5.26 Å². The van der Waals surface area contributed by atoms with E-state index >= 15 is 0 Å². The summed E-state index contributed by atoms with van der Waals surface area (Å²) in [6.07, 6.45) is 1.41. The lowest BCUT2D eigenvalue weighted by molar-refractivity contribution is -0.112. The van der Waals surface area contributed by atoms with Crippen molar-refractivity contribution < 1.29 is 32.5 Å². The maximum Gasteiger partial charge on any atom is 0.266 e. The van der Waals surface area contributed by atoms with E-state index in [1.807, 2.05) is 6.07 Å². The molecule has 0 aliphatic carbocycles. The van der Waals surface area contributed by atoms with Gasteiger partial charge in [0, 0.05) is 23.4 Å². The van der Waals surface area contributed by atoms with Gasteiger partial charge in [-0.05, 0) is 48.0 Å². The number of anilines is 1. The summed E-state index contributed by atoms with van der Waals surface area (Å²) < 4.78 is 48.8. The first-order chi connectivity index (χ1) is 17.0. The standard InChI is InChI=1S/C26H20F2N2O5/c1-32-22-5-2-16(11-18(22)15-35-23-6-3-19(27)12-21(23)28)10-17(14-29)26(31)30-20-4-7-24-25(13-20)34-9-8-33-24/h2-7,10-13H,8-9,15H2,1H3,(H,30,31)/b17-10+. The zero-order chi connectivity index (χ0) is 24.8. The van der Waals surface area contributed by atoms with Gasteiger partial charge in [0.15, 0.2) is 23.1 Å². The van der Waals surface area contributed by atoms with Crippen LogP contribution in [0.1, 0.15) is 11.1 Å². The molecule has 1 heterocycles. The van der Waals surface area contributed by atoms with E-state index in [9.17, 15) is 18.8 Å². The zero-order valence-corrected chi connectivity index (χ0v) is 18.6. The van der Waals surface area contributed by atoms with Crippen LogP contribution in [0.25, 0.3) is 6.08 Å². The Morgan fingerprint density at radius 3 is 2.57 bits per heavy atom. The molecule has 178 valence electrons. The monoisotopic (exact) mass is 478 g/mol. The normalized spacial score (nSPS) is 12.5. The van der Waals surface area contributed by atoms with E-state index in [1.54, 1.807) is 36.4 Å². The number of hydrogen-bond donors (Lipinski definition) is 1. The molecular formula is C26H20F2N2O5. The van der Waals surface area contributed by atoms with Crippen LogP contribution in [0.4, 0.5) is 14.5 Å². The fourth-order valence-electron chi connectivity index (χ4n) is 3.38. The minimum Gasteiger partial charge on any atom is -0.496 e. The highest BCUT2D eigenvalue weighted by atomic mass is 19.1. The molecular weight excluding hydrogens is 458 g/mol. The second kappa shape index (κ2) is 10.6. The number of nitriles is 1. The van der Waals surface area contributed by atoms with Crippen LogP contribution >= 0.6 is 0 Å². The Morgan fingerprint density at radius 1 is 1.06 bits per heavy atom. The first-order valence-corrected chi connectivity index (χ1v) is 10.5. The van der Waals surface area contributed by atoms with Gasteiger partial charge >= 0.3 is 0 Å². The van der Waals surface area contributed by atoms with Gasteiger partial charge < -0.3 is 24.3 Å². The lowest BCUT2D eigenvalue weighted by Crippen LogP contribution is -2.17. The Bertz CT molecular complexity index is 1330. The number of benzene rings is 3. The van der Waals surface area contributed by atoms with Crippen LogP contribution in [0, 0.1) is 23.0 Å². The first kappa shape index (κ1) is 23.6. The van der Waals surface area contributed by atoms with Crippen molar-refractivity contribution in [1.29, 1.82) is 5.26 Å². The van der Waals surface area contributed by atoms with E-state index in [0.717, 1.165) is 12.1 Å². The second-order valence-corrected chi connectivity index (χ2v) is 7.42. The van der Waals surface area contributed by atoms with E-state index in [2.05, 4.69) is 5.32 Å². The third kappa shape index (κ3) is 5.68. The summed E-state index contributed by atoms with van der Waals surface area (Å²) in [4.78, 5) is 12.7. The topological polar surface area (TPSA) is 89.8 Å². The minimum atomic E-state index is -0.831. The predicted molar refractivity (Wildman–Crippen MR) is 123 cm³/mol. The Hall–Kier alpha value is -4.58. The van der Waals surface area contributed by atoms with Crippen LogP contribution in [0.5, 0.6) is 23.0 Å². The summed E-state index contributed by atoms with van der Waals surface area (Å²) in [6.45, 7) is 0.775. The van der Waals surface area contributed by atoms with Crippen molar-refractivity contribution in [2.24, 2.45) is 0 Å². The summed E-state index contributed by atoms with van der Waals surface area (Å²) in [5.41, 5.74) is 1.37. The van der Waals surface area contributed by atoms with E-state index < -0.39 is 17.5 Å². The average molecular weight is 478 g/mol. The minimum absolute atomic E-state index is 0.0846. The summed E-state index contributed by atoms with van der Waals surface area (Å²) in [7, 11) is 1.47. The molecule has 35 heavy (non-hydrogen) atoms. The number of carbonyl (C=O) groups is 1. The number of nitrogens with zero attached hydrogens (tertiary/aromatic N) is 1. The van der Waals surface area contributed by atoms with Crippen LogP contribution in [-0.2, 0) is 11.4 Å². The van der Waals surface area contributed by atoms with E-state index in [-0.39, 0.29) is 17.9 Å². The molecule has 1 aliphatic rings. The van der Waals surface area contributed by atoms with Gasteiger partial charge in [0.05, 0.1) is 7.11 Å². The third-order valence-electron chi connectivity index (χ3n) is 5.06. The molecule has 1 N–H and O–H groups in total. The van der Waals surface area contributed by atoms with E-state index in [4.69, 9.17) is 18.9 Å². The van der Waals surface area contributed by atoms with Crippen molar-refractivity contribution in [1.82, 2.24) is 0 Å². The number of halogens is 2. The number of nitrogens with one attached hydrogen (secondary N) is 1. The van der Waals surface area contributed by atoms with Crippen LogP contribution in [0.3, 0.4) is 0 Å². The van der Waals surface area contributed by atoms with Gasteiger partial charge in [-0.15, -0.1) is 0 Å². The Labute approximate surface area is 200 Å². The van der Waals surface area contributed by atoms with Crippen molar-refractivity contribution in [3.05, 3.63) is 82.9 Å². The molecule has 0 saturated carbocycles. The molecule has 0 aromatic heterocycles. The molecule has 3 aromatic carbocycles. The molecule has 1 aliphatic heterocycles. The lowest BCUT2D eigenvalue weighted by Gasteiger charge is -2.18. The van der Waals surface area contributed by atoms with Crippen molar-refractivity contribution in [2.75, 3.05) is 25.6 Å². The molecule has 3 aromatic rings.